The maximum atomic E-state index is 5.76. The van der Waals surface area contributed by atoms with E-state index in [0.717, 1.165) is 30.7 Å². The molecule has 11 rings (SSSR count). The van der Waals surface area contributed by atoms with E-state index in [1.807, 2.05) is 0 Å². The van der Waals surface area contributed by atoms with E-state index in [9.17, 15) is 0 Å². The van der Waals surface area contributed by atoms with Crippen LogP contribution >= 0.6 is 0 Å². The molecule has 0 spiro atoms. The molecule has 4 unspecified atom stereocenters. The summed E-state index contributed by atoms with van der Waals surface area (Å²) in [7, 11) is 2.27. The number of quaternary nitrogens is 1. The molecule has 3 aliphatic carbocycles. The molecule has 4 nitrogen and oxygen atoms in total. The maximum Gasteiger partial charge on any atom is 0.213 e. The average Bonchev–Trinajstić information content (AvgIpc) is 3.78. The van der Waals surface area contributed by atoms with Gasteiger partial charge in [-0.25, -0.2) is 0 Å². The number of hydrogen-bond acceptors (Lipinski definition) is 2. The van der Waals surface area contributed by atoms with E-state index in [4.69, 9.17) is 4.99 Å². The maximum absolute atomic E-state index is 5.76. The summed E-state index contributed by atoms with van der Waals surface area (Å²) in [4.78, 5) is 7.05. The number of aliphatic imine (C=N–C) groups is 1. The van der Waals surface area contributed by atoms with E-state index < -0.39 is 5.41 Å². The number of rotatable bonds is 5. The molecular weight excluding hydrogens is 705 g/mol. The zero-order valence-corrected chi connectivity index (χ0v) is 33.1. The Morgan fingerprint density at radius 1 is 0.724 bits per heavy atom. The van der Waals surface area contributed by atoms with Crippen LogP contribution in [0.1, 0.15) is 77.5 Å². The smallest absolute Gasteiger partial charge is 0.213 e. The minimum Gasteiger partial charge on any atom is -0.302 e. The second-order valence-corrected chi connectivity index (χ2v) is 16.5. The topological polar surface area (TPSA) is 33.8 Å². The van der Waals surface area contributed by atoms with E-state index in [1.54, 1.807) is 0 Å². The van der Waals surface area contributed by atoms with Crippen molar-refractivity contribution in [3.63, 3.8) is 0 Å². The van der Waals surface area contributed by atoms with E-state index in [2.05, 4.69) is 206 Å². The third kappa shape index (κ3) is 5.28. The predicted octanol–water partition coefficient (Wildman–Crippen LogP) is 10.9. The molecule has 2 N–H and O–H groups in total. The van der Waals surface area contributed by atoms with Crippen molar-refractivity contribution >= 4 is 38.9 Å². The SMILES string of the molecule is CC1C=CC(c2ccc3c(c2)c2ccc4c(c2n3C2=NC(c3ccccc3)[NH+](C)C(c3ccccc3)N2)C(c2ccccc2)(c2ccccc2)C2=C4CCC=C2)=CC1. The van der Waals surface area contributed by atoms with Crippen molar-refractivity contribution in [1.82, 2.24) is 9.88 Å². The van der Waals surface area contributed by atoms with Gasteiger partial charge < -0.3 is 5.32 Å². The Morgan fingerprint density at radius 2 is 1.40 bits per heavy atom. The minimum absolute atomic E-state index is 0.0378. The Bertz CT molecular complexity index is 2820. The van der Waals surface area contributed by atoms with Gasteiger partial charge in [-0.15, -0.1) is 0 Å². The lowest BCUT2D eigenvalue weighted by Crippen LogP contribution is -3.12. The molecule has 2 heterocycles. The van der Waals surface area contributed by atoms with Crippen molar-refractivity contribution < 1.29 is 4.90 Å². The van der Waals surface area contributed by atoms with Crippen LogP contribution in [0.5, 0.6) is 0 Å². The van der Waals surface area contributed by atoms with Crippen LogP contribution in [-0.4, -0.2) is 17.6 Å². The molecule has 58 heavy (non-hydrogen) atoms. The van der Waals surface area contributed by atoms with Crippen LogP contribution in [-0.2, 0) is 5.41 Å². The summed E-state index contributed by atoms with van der Waals surface area (Å²) >= 11 is 0. The zero-order valence-electron chi connectivity index (χ0n) is 33.1. The van der Waals surface area contributed by atoms with Crippen LogP contribution in [0.4, 0.5) is 0 Å². The molecule has 0 amide bonds. The first-order valence-electron chi connectivity index (χ1n) is 20.9. The number of aromatic nitrogens is 1. The summed E-state index contributed by atoms with van der Waals surface area (Å²) in [5.74, 6) is 1.43. The number of nitrogens with one attached hydrogen (secondary N) is 2. The van der Waals surface area contributed by atoms with E-state index in [1.165, 1.54) is 76.9 Å². The normalized spacial score (nSPS) is 22.0. The first-order valence-corrected chi connectivity index (χ1v) is 20.9. The summed E-state index contributed by atoms with van der Waals surface area (Å²) < 4.78 is 2.50. The Hall–Kier alpha value is -6.49. The van der Waals surface area contributed by atoms with E-state index >= 15 is 0 Å². The molecule has 7 aromatic rings. The summed E-state index contributed by atoms with van der Waals surface area (Å²) in [6.45, 7) is 2.29. The molecule has 0 saturated carbocycles. The highest BCUT2D eigenvalue weighted by atomic mass is 15.4. The molecular formula is C54H47N4+. The van der Waals surface area contributed by atoms with Crippen molar-refractivity contribution in [3.8, 4) is 0 Å². The van der Waals surface area contributed by atoms with Crippen LogP contribution < -0.4 is 10.2 Å². The average molecular weight is 752 g/mol. The van der Waals surface area contributed by atoms with Gasteiger partial charge in [0.25, 0.3) is 0 Å². The number of fused-ring (bicyclic) bond motifs is 6. The lowest BCUT2D eigenvalue weighted by molar-refractivity contribution is -0.947. The molecule has 1 aliphatic heterocycles. The monoisotopic (exact) mass is 751 g/mol. The Morgan fingerprint density at radius 3 is 2.07 bits per heavy atom. The fourth-order valence-electron chi connectivity index (χ4n) is 10.4. The van der Waals surface area contributed by atoms with Crippen LogP contribution in [0, 0.1) is 5.92 Å². The second kappa shape index (κ2) is 13.9. The second-order valence-electron chi connectivity index (χ2n) is 16.5. The van der Waals surface area contributed by atoms with Crippen molar-refractivity contribution in [2.75, 3.05) is 7.05 Å². The van der Waals surface area contributed by atoms with Gasteiger partial charge in [0.2, 0.25) is 12.1 Å². The summed E-state index contributed by atoms with van der Waals surface area (Å²) in [5.41, 5.74) is 14.9. The molecule has 1 aromatic heterocycles. The fourth-order valence-corrected chi connectivity index (χ4v) is 10.4. The van der Waals surface area contributed by atoms with Crippen LogP contribution in [0.25, 0.3) is 33.0 Å². The number of nitrogens with zero attached hydrogens (tertiary/aromatic N) is 2. The third-order valence-corrected chi connectivity index (χ3v) is 13.1. The minimum atomic E-state index is -0.543. The molecule has 0 radical (unpaired) electrons. The van der Waals surface area contributed by atoms with Gasteiger partial charge in [-0.2, -0.15) is 4.99 Å². The first-order chi connectivity index (χ1) is 28.6. The van der Waals surface area contributed by atoms with Gasteiger partial charge in [0, 0.05) is 27.5 Å². The highest BCUT2D eigenvalue weighted by Gasteiger charge is 2.49. The van der Waals surface area contributed by atoms with Gasteiger partial charge in [-0.05, 0) is 76.3 Å². The number of allylic oxidation sites excluding steroid dienone is 8. The molecule has 0 bridgehead atoms. The summed E-state index contributed by atoms with van der Waals surface area (Å²) in [5, 5.41) is 6.56. The molecule has 4 aliphatic rings. The highest BCUT2D eigenvalue weighted by Crippen LogP contribution is 2.59. The number of hydrogen-bond donors (Lipinski definition) is 2. The van der Waals surface area contributed by atoms with Gasteiger partial charge >= 0.3 is 0 Å². The summed E-state index contributed by atoms with van der Waals surface area (Å²) in [6.07, 6.45) is 14.8. The molecule has 6 aromatic carbocycles. The fraction of sp³-hybridized carbons (Fsp3) is 0.167. The lowest BCUT2D eigenvalue weighted by atomic mass is 9.66. The van der Waals surface area contributed by atoms with Gasteiger partial charge in [0.15, 0.2) is 6.17 Å². The van der Waals surface area contributed by atoms with Crippen molar-refractivity contribution in [2.45, 2.75) is 43.9 Å². The Labute approximate surface area is 340 Å². The van der Waals surface area contributed by atoms with Gasteiger partial charge in [-0.3, -0.25) is 9.47 Å². The highest BCUT2D eigenvalue weighted by molar-refractivity contribution is 6.18. The Kier molecular flexibility index (Phi) is 8.30. The third-order valence-electron chi connectivity index (χ3n) is 13.1. The molecule has 282 valence electrons. The molecule has 0 fully saturated rings. The Balaban J connectivity index is 1.27. The van der Waals surface area contributed by atoms with Crippen molar-refractivity contribution in [2.24, 2.45) is 10.9 Å². The quantitative estimate of drug-likeness (QED) is 0.180. The van der Waals surface area contributed by atoms with Gasteiger partial charge in [-0.1, -0.05) is 177 Å². The van der Waals surface area contributed by atoms with E-state index in [-0.39, 0.29) is 12.3 Å². The summed E-state index contributed by atoms with van der Waals surface area (Å²) in [6, 6.07) is 56.1. The first kappa shape index (κ1) is 34.7. The molecule has 0 saturated heterocycles. The number of benzene rings is 6. The zero-order chi connectivity index (χ0) is 38.8. The molecule has 4 atom stereocenters. The van der Waals surface area contributed by atoms with E-state index in [0.29, 0.717) is 5.92 Å². The van der Waals surface area contributed by atoms with Crippen molar-refractivity contribution in [3.05, 3.63) is 227 Å². The predicted molar refractivity (Wildman–Crippen MR) is 240 cm³/mol. The van der Waals surface area contributed by atoms with Crippen LogP contribution in [0.2, 0.25) is 0 Å². The largest absolute Gasteiger partial charge is 0.302 e. The molecule has 4 heteroatoms. The lowest BCUT2D eigenvalue weighted by Gasteiger charge is -2.38. The van der Waals surface area contributed by atoms with Crippen LogP contribution in [0.15, 0.2) is 193 Å². The van der Waals surface area contributed by atoms with Crippen LogP contribution in [0.3, 0.4) is 0 Å². The van der Waals surface area contributed by atoms with Crippen molar-refractivity contribution in [1.29, 1.82) is 0 Å². The standard InChI is InChI=1S/C54H46N4/c1-36-27-29-37(30-28-36)40-31-34-48-46(35-40)45-33-32-44-43-25-15-16-26-47(43)54(41-21-11-5-12-22-41,42-23-13-6-14-24-42)49(44)50(45)58(48)53-55-51(38-17-7-3-8-18-38)57(2)52(56-53)39-19-9-4-10-20-39/h3-14,16-24,26-27,29-36,51-52H,15,25,28H2,1-2H3,(H,55,56)/p+1. The van der Waals surface area contributed by atoms with Gasteiger partial charge in [0.1, 0.15) is 0 Å². The van der Waals surface area contributed by atoms with Gasteiger partial charge in [0.05, 0.1) is 23.5 Å².